The Morgan fingerprint density at radius 1 is 1.23 bits per heavy atom. The van der Waals surface area contributed by atoms with Gasteiger partial charge in [0.15, 0.2) is 0 Å². The third-order valence-corrected chi connectivity index (χ3v) is 2.02. The first-order valence-electron chi connectivity index (χ1n) is 3.19. The normalized spacial score (nSPS) is 13.9. The number of rotatable bonds is 2. The SMILES string of the molecule is O=S([O-])(F)(F)Cc1ccccc1.[Na+]. The Bertz CT molecular complexity index is 325. The molecule has 0 aromatic heterocycles. The molecule has 6 heteroatoms. The summed E-state index contributed by atoms with van der Waals surface area (Å²) in [6, 6.07) is 7.32. The van der Waals surface area contributed by atoms with Crippen LogP contribution in [0.2, 0.25) is 0 Å². The largest absolute Gasteiger partial charge is 1.00 e. The summed E-state index contributed by atoms with van der Waals surface area (Å²) in [6.07, 6.45) is 0. The van der Waals surface area contributed by atoms with Gasteiger partial charge in [0.2, 0.25) is 0 Å². The predicted octanol–water partition coefficient (Wildman–Crippen LogP) is -1.09. The molecular weight excluding hydrogens is 209 g/mol. The van der Waals surface area contributed by atoms with Crippen LogP contribution in [-0.4, -0.2) is 8.76 Å². The molecule has 0 radical (unpaired) electrons. The molecule has 0 aliphatic rings. The second kappa shape index (κ2) is 4.14. The number of hydrogen-bond acceptors (Lipinski definition) is 2. The van der Waals surface area contributed by atoms with Crippen LogP contribution in [0.5, 0.6) is 0 Å². The van der Waals surface area contributed by atoms with Gasteiger partial charge in [0, 0.05) is 0 Å². The maximum atomic E-state index is 12.1. The Morgan fingerprint density at radius 2 is 1.69 bits per heavy atom. The first-order valence-corrected chi connectivity index (χ1v) is 5.06. The minimum atomic E-state index is -6.62. The zero-order valence-corrected chi connectivity index (χ0v) is 9.89. The van der Waals surface area contributed by atoms with Gasteiger partial charge in [0.1, 0.15) is 0 Å². The Kier molecular flexibility index (Phi) is 4.21. The van der Waals surface area contributed by atoms with E-state index in [-0.39, 0.29) is 35.1 Å². The molecule has 0 atom stereocenters. The van der Waals surface area contributed by atoms with Crippen molar-refractivity contribution in [2.24, 2.45) is 0 Å². The molecule has 0 N–H and O–H groups in total. The average molecular weight is 216 g/mol. The summed E-state index contributed by atoms with van der Waals surface area (Å²) in [5, 5.41) is 0. The van der Waals surface area contributed by atoms with Gasteiger partial charge < -0.3 is 4.55 Å². The fraction of sp³-hybridized carbons (Fsp3) is 0.143. The van der Waals surface area contributed by atoms with Crippen molar-refractivity contribution in [2.45, 2.75) is 5.75 Å². The summed E-state index contributed by atoms with van der Waals surface area (Å²) in [5.41, 5.74) is 0.0921. The van der Waals surface area contributed by atoms with Crippen molar-refractivity contribution in [1.82, 2.24) is 0 Å². The molecule has 0 saturated carbocycles. The number of hydrogen-bond donors (Lipinski definition) is 0. The maximum Gasteiger partial charge on any atom is 1.00 e. The van der Waals surface area contributed by atoms with Gasteiger partial charge in [-0.3, -0.25) is 0 Å². The molecule has 0 fully saturated rings. The molecule has 0 spiro atoms. The molecular formula is C7H7F2NaO2S. The first kappa shape index (κ1) is 13.2. The van der Waals surface area contributed by atoms with Gasteiger partial charge in [-0.1, -0.05) is 40.5 Å². The van der Waals surface area contributed by atoms with Crippen molar-refractivity contribution in [3.05, 3.63) is 35.9 Å². The summed E-state index contributed by atoms with van der Waals surface area (Å²) in [7, 11) is -6.62. The minimum Gasteiger partial charge on any atom is -0.720 e. The monoisotopic (exact) mass is 216 g/mol. The van der Waals surface area contributed by atoms with Crippen molar-refractivity contribution >= 4 is 10.1 Å². The minimum absolute atomic E-state index is 0. The van der Waals surface area contributed by atoms with E-state index in [0.29, 0.717) is 0 Å². The summed E-state index contributed by atoms with van der Waals surface area (Å²) < 4.78 is 44.3. The van der Waals surface area contributed by atoms with Crippen LogP contribution in [0.1, 0.15) is 5.56 Å². The van der Waals surface area contributed by atoms with E-state index in [2.05, 4.69) is 0 Å². The Balaban J connectivity index is 0.00000144. The molecule has 0 heterocycles. The molecule has 0 aliphatic heterocycles. The van der Waals surface area contributed by atoms with E-state index in [4.69, 9.17) is 0 Å². The van der Waals surface area contributed by atoms with E-state index >= 15 is 0 Å². The van der Waals surface area contributed by atoms with Crippen molar-refractivity contribution in [1.29, 1.82) is 0 Å². The summed E-state index contributed by atoms with van der Waals surface area (Å²) >= 11 is 0. The topological polar surface area (TPSA) is 40.1 Å². The molecule has 2 nitrogen and oxygen atoms in total. The van der Waals surface area contributed by atoms with Gasteiger partial charge in [-0.25, -0.2) is 0 Å². The van der Waals surface area contributed by atoms with E-state index in [1.54, 1.807) is 6.07 Å². The van der Waals surface area contributed by atoms with Gasteiger partial charge in [-0.15, -0.1) is 7.77 Å². The molecule has 0 aliphatic carbocycles. The van der Waals surface area contributed by atoms with Crippen molar-refractivity contribution in [3.8, 4) is 0 Å². The number of halogens is 2. The summed E-state index contributed by atoms with van der Waals surface area (Å²) in [4.78, 5) is 0. The fourth-order valence-corrected chi connectivity index (χ4v) is 1.55. The van der Waals surface area contributed by atoms with Gasteiger partial charge in [0.25, 0.3) is 0 Å². The van der Waals surface area contributed by atoms with Crippen molar-refractivity contribution in [3.63, 3.8) is 0 Å². The van der Waals surface area contributed by atoms with Crippen LogP contribution in [0.25, 0.3) is 0 Å². The molecule has 1 aromatic carbocycles. The first-order chi connectivity index (χ1) is 5.33. The second-order valence-corrected chi connectivity index (χ2v) is 4.42. The van der Waals surface area contributed by atoms with Gasteiger partial charge in [-0.05, 0) is 5.56 Å². The zero-order chi connectivity index (χ0) is 9.27. The van der Waals surface area contributed by atoms with E-state index in [9.17, 15) is 16.5 Å². The van der Waals surface area contributed by atoms with Gasteiger partial charge in [-0.2, -0.15) is 4.21 Å². The van der Waals surface area contributed by atoms with Crippen LogP contribution >= 0.6 is 0 Å². The predicted molar refractivity (Wildman–Crippen MR) is 41.3 cm³/mol. The average Bonchev–Trinajstić information content (AvgIpc) is 1.83. The van der Waals surface area contributed by atoms with E-state index in [0.717, 1.165) is 0 Å². The van der Waals surface area contributed by atoms with Crippen molar-refractivity contribution < 1.29 is 46.1 Å². The molecule has 1 rings (SSSR count). The third kappa shape index (κ3) is 6.29. The Labute approximate surface area is 97.4 Å². The molecule has 0 unspecified atom stereocenters. The molecule has 0 saturated heterocycles. The van der Waals surface area contributed by atoms with Crippen LogP contribution in [0.4, 0.5) is 7.77 Å². The van der Waals surface area contributed by atoms with Crippen LogP contribution in [0.3, 0.4) is 0 Å². The van der Waals surface area contributed by atoms with Crippen LogP contribution in [0.15, 0.2) is 30.3 Å². The smallest absolute Gasteiger partial charge is 0.720 e. The Morgan fingerprint density at radius 3 is 2.08 bits per heavy atom. The van der Waals surface area contributed by atoms with Crippen LogP contribution in [-0.2, 0) is 15.9 Å². The van der Waals surface area contributed by atoms with Crippen LogP contribution < -0.4 is 29.6 Å². The van der Waals surface area contributed by atoms with Gasteiger partial charge >= 0.3 is 29.6 Å². The third-order valence-electron chi connectivity index (χ3n) is 1.24. The van der Waals surface area contributed by atoms with E-state index in [1.165, 1.54) is 24.3 Å². The molecule has 13 heavy (non-hydrogen) atoms. The summed E-state index contributed by atoms with van der Waals surface area (Å²) in [5.74, 6) is -1.21. The maximum absolute atomic E-state index is 12.1. The van der Waals surface area contributed by atoms with Crippen LogP contribution in [0, 0.1) is 0 Å². The molecule has 1 aromatic rings. The number of benzene rings is 1. The quantitative estimate of drug-likeness (QED) is 0.465. The van der Waals surface area contributed by atoms with Gasteiger partial charge in [0.05, 0.1) is 5.75 Å². The Hall–Kier alpha value is 0.190. The van der Waals surface area contributed by atoms with E-state index in [1.807, 2.05) is 0 Å². The molecule has 0 amide bonds. The van der Waals surface area contributed by atoms with Crippen molar-refractivity contribution in [2.75, 3.05) is 0 Å². The zero-order valence-electron chi connectivity index (χ0n) is 7.07. The fourth-order valence-electron chi connectivity index (χ4n) is 0.836. The van der Waals surface area contributed by atoms with E-state index < -0.39 is 15.9 Å². The second-order valence-electron chi connectivity index (χ2n) is 2.46. The standard InChI is InChI=1S/C7H8F2O2S.Na/c8-12(9,10,11)6-7-4-2-1-3-5-7;/h1-5H,6H2,(H,10,11);/q;+1/p-1. The molecule has 0 bridgehead atoms. The summed E-state index contributed by atoms with van der Waals surface area (Å²) in [6.45, 7) is 0. The molecule has 68 valence electrons.